The Bertz CT molecular complexity index is 789. The summed E-state index contributed by atoms with van der Waals surface area (Å²) in [5, 5.41) is 2.96. The van der Waals surface area contributed by atoms with Gasteiger partial charge in [0.25, 0.3) is 0 Å². The largest absolute Gasteiger partial charge is 0.495 e. The van der Waals surface area contributed by atoms with Crippen molar-refractivity contribution in [3.8, 4) is 5.75 Å². The zero-order valence-corrected chi connectivity index (χ0v) is 15.2. The molecule has 1 heterocycles. The molecule has 2 aromatic carbocycles. The van der Waals surface area contributed by atoms with Crippen LogP contribution < -0.4 is 15.0 Å². The third-order valence-electron chi connectivity index (χ3n) is 4.68. The molecular formula is C21H24N2O3. The fourth-order valence-electron chi connectivity index (χ4n) is 3.25. The maximum atomic E-state index is 12.5. The summed E-state index contributed by atoms with van der Waals surface area (Å²) in [5.41, 5.74) is 2.96. The van der Waals surface area contributed by atoms with E-state index in [1.807, 2.05) is 55.5 Å². The van der Waals surface area contributed by atoms with Gasteiger partial charge >= 0.3 is 0 Å². The van der Waals surface area contributed by atoms with Crippen LogP contribution >= 0.6 is 0 Å². The molecule has 0 spiro atoms. The molecule has 1 aliphatic heterocycles. The van der Waals surface area contributed by atoms with E-state index in [0.29, 0.717) is 18.8 Å². The van der Waals surface area contributed by atoms with E-state index < -0.39 is 0 Å². The lowest BCUT2D eigenvalue weighted by atomic mass is 10.1. The van der Waals surface area contributed by atoms with Gasteiger partial charge in [0.15, 0.2) is 0 Å². The summed E-state index contributed by atoms with van der Waals surface area (Å²) in [6, 6.07) is 15.7. The first kappa shape index (κ1) is 18.0. The lowest BCUT2D eigenvalue weighted by molar-refractivity contribution is -0.126. The normalized spacial score (nSPS) is 16.6. The van der Waals surface area contributed by atoms with E-state index in [-0.39, 0.29) is 24.2 Å². The van der Waals surface area contributed by atoms with Gasteiger partial charge in [-0.2, -0.15) is 0 Å². The second kappa shape index (κ2) is 8.04. The van der Waals surface area contributed by atoms with E-state index in [0.717, 1.165) is 17.7 Å². The zero-order chi connectivity index (χ0) is 18.5. The van der Waals surface area contributed by atoms with Crippen LogP contribution in [0.25, 0.3) is 0 Å². The van der Waals surface area contributed by atoms with E-state index in [2.05, 4.69) is 5.32 Å². The number of benzene rings is 2. The number of amides is 2. The zero-order valence-electron chi connectivity index (χ0n) is 15.2. The molecule has 1 aliphatic rings. The van der Waals surface area contributed by atoms with E-state index in [4.69, 9.17) is 4.74 Å². The molecular weight excluding hydrogens is 328 g/mol. The van der Waals surface area contributed by atoms with Gasteiger partial charge in [-0.3, -0.25) is 9.59 Å². The van der Waals surface area contributed by atoms with Gasteiger partial charge in [0.1, 0.15) is 5.75 Å². The number of carbonyl (C=O) groups excluding carboxylic acids is 2. The summed E-state index contributed by atoms with van der Waals surface area (Å²) < 4.78 is 5.38. The molecule has 0 bridgehead atoms. The molecule has 1 fully saturated rings. The third kappa shape index (κ3) is 4.04. The highest BCUT2D eigenvalue weighted by Crippen LogP contribution is 2.33. The minimum atomic E-state index is -0.330. The van der Waals surface area contributed by atoms with Crippen molar-refractivity contribution in [2.45, 2.75) is 19.8 Å². The van der Waals surface area contributed by atoms with Crippen molar-refractivity contribution in [1.82, 2.24) is 5.32 Å². The molecule has 0 aromatic heterocycles. The molecule has 136 valence electrons. The second-order valence-corrected chi connectivity index (χ2v) is 6.61. The van der Waals surface area contributed by atoms with Crippen molar-refractivity contribution in [3.05, 3.63) is 59.7 Å². The van der Waals surface area contributed by atoms with Gasteiger partial charge in [0, 0.05) is 19.5 Å². The van der Waals surface area contributed by atoms with Crippen molar-refractivity contribution >= 4 is 17.5 Å². The van der Waals surface area contributed by atoms with Crippen LogP contribution in [-0.4, -0.2) is 32.0 Å². The monoisotopic (exact) mass is 352 g/mol. The number of anilines is 1. The molecule has 0 aliphatic carbocycles. The van der Waals surface area contributed by atoms with Crippen LogP contribution in [0.4, 0.5) is 5.69 Å². The predicted molar refractivity (Wildman–Crippen MR) is 101 cm³/mol. The van der Waals surface area contributed by atoms with Crippen LogP contribution in [0.1, 0.15) is 17.5 Å². The summed E-state index contributed by atoms with van der Waals surface area (Å²) in [6.45, 7) is 2.92. The van der Waals surface area contributed by atoms with Crippen molar-refractivity contribution in [2.75, 3.05) is 25.1 Å². The molecule has 5 nitrogen and oxygen atoms in total. The first-order valence-corrected chi connectivity index (χ1v) is 8.85. The first-order chi connectivity index (χ1) is 12.6. The van der Waals surface area contributed by atoms with Crippen LogP contribution in [0.2, 0.25) is 0 Å². The molecule has 2 aromatic rings. The first-order valence-electron chi connectivity index (χ1n) is 8.85. The summed E-state index contributed by atoms with van der Waals surface area (Å²) in [5.74, 6) is 0.207. The van der Waals surface area contributed by atoms with Crippen LogP contribution in [0.15, 0.2) is 48.5 Å². The SMILES string of the molecule is COc1ccc(C)cc1N1CC(C(=O)NCCc2ccccc2)CC1=O. The summed E-state index contributed by atoms with van der Waals surface area (Å²) >= 11 is 0. The minimum absolute atomic E-state index is 0.0443. The standard InChI is InChI=1S/C21H24N2O3/c1-15-8-9-19(26-2)18(12-15)23-14-17(13-20(23)24)21(25)22-11-10-16-6-4-3-5-7-16/h3-9,12,17H,10-11,13-14H2,1-2H3,(H,22,25). The van der Waals surface area contributed by atoms with Crippen LogP contribution in [0.3, 0.4) is 0 Å². The Balaban J connectivity index is 1.60. The van der Waals surface area contributed by atoms with Crippen LogP contribution in [-0.2, 0) is 16.0 Å². The topological polar surface area (TPSA) is 58.6 Å². The summed E-state index contributed by atoms with van der Waals surface area (Å²) in [6.07, 6.45) is 1.01. The van der Waals surface area contributed by atoms with Crippen molar-refractivity contribution in [3.63, 3.8) is 0 Å². The Kier molecular flexibility index (Phi) is 5.56. The van der Waals surface area contributed by atoms with Crippen molar-refractivity contribution in [1.29, 1.82) is 0 Å². The van der Waals surface area contributed by atoms with Gasteiger partial charge in [-0.05, 0) is 36.6 Å². The lowest BCUT2D eigenvalue weighted by Gasteiger charge is -2.20. The van der Waals surface area contributed by atoms with Crippen molar-refractivity contribution < 1.29 is 14.3 Å². The Morgan fingerprint density at radius 3 is 2.73 bits per heavy atom. The van der Waals surface area contributed by atoms with Crippen molar-refractivity contribution in [2.24, 2.45) is 5.92 Å². The number of methoxy groups -OCH3 is 1. The summed E-state index contributed by atoms with van der Waals surface area (Å²) in [4.78, 5) is 26.6. The number of carbonyl (C=O) groups is 2. The van der Waals surface area contributed by atoms with E-state index in [1.54, 1.807) is 12.0 Å². The molecule has 2 amide bonds. The highest BCUT2D eigenvalue weighted by Gasteiger charge is 2.36. The molecule has 0 radical (unpaired) electrons. The number of hydrogen-bond acceptors (Lipinski definition) is 3. The average Bonchev–Trinajstić information content (AvgIpc) is 3.04. The molecule has 26 heavy (non-hydrogen) atoms. The molecule has 5 heteroatoms. The van der Waals surface area contributed by atoms with Gasteiger partial charge in [0.05, 0.1) is 18.7 Å². The summed E-state index contributed by atoms with van der Waals surface area (Å²) in [7, 11) is 1.59. The van der Waals surface area contributed by atoms with Gasteiger partial charge in [-0.15, -0.1) is 0 Å². The van der Waals surface area contributed by atoms with Gasteiger partial charge < -0.3 is 15.0 Å². The third-order valence-corrected chi connectivity index (χ3v) is 4.68. The predicted octanol–water partition coefficient (Wildman–Crippen LogP) is 2.72. The number of nitrogens with one attached hydrogen (secondary N) is 1. The number of ether oxygens (including phenoxy) is 1. The Hall–Kier alpha value is -2.82. The Morgan fingerprint density at radius 1 is 1.23 bits per heavy atom. The Morgan fingerprint density at radius 2 is 2.00 bits per heavy atom. The van der Waals surface area contributed by atoms with Gasteiger partial charge in [-0.1, -0.05) is 36.4 Å². The number of aryl methyl sites for hydroxylation is 1. The maximum absolute atomic E-state index is 12.5. The Labute approximate surface area is 154 Å². The van der Waals surface area contributed by atoms with Gasteiger partial charge in [0.2, 0.25) is 11.8 Å². The van der Waals surface area contributed by atoms with E-state index >= 15 is 0 Å². The number of nitrogens with zero attached hydrogens (tertiary/aromatic N) is 1. The second-order valence-electron chi connectivity index (χ2n) is 6.61. The quantitative estimate of drug-likeness (QED) is 0.870. The number of hydrogen-bond donors (Lipinski definition) is 1. The molecule has 1 atom stereocenters. The molecule has 0 saturated carbocycles. The minimum Gasteiger partial charge on any atom is -0.495 e. The van der Waals surface area contributed by atoms with E-state index in [9.17, 15) is 9.59 Å². The fraction of sp³-hybridized carbons (Fsp3) is 0.333. The van der Waals surface area contributed by atoms with Crippen LogP contribution in [0.5, 0.6) is 5.75 Å². The molecule has 3 rings (SSSR count). The van der Waals surface area contributed by atoms with Crippen LogP contribution in [0, 0.1) is 12.8 Å². The van der Waals surface area contributed by atoms with E-state index in [1.165, 1.54) is 5.56 Å². The average molecular weight is 352 g/mol. The molecule has 1 unspecified atom stereocenters. The highest BCUT2D eigenvalue weighted by molar-refractivity contribution is 6.01. The maximum Gasteiger partial charge on any atom is 0.227 e. The molecule has 1 saturated heterocycles. The molecule has 1 N–H and O–H groups in total. The lowest BCUT2D eigenvalue weighted by Crippen LogP contribution is -2.34. The smallest absolute Gasteiger partial charge is 0.227 e. The van der Waals surface area contributed by atoms with Gasteiger partial charge in [-0.25, -0.2) is 0 Å². The number of rotatable bonds is 6. The highest BCUT2D eigenvalue weighted by atomic mass is 16.5. The fourth-order valence-corrected chi connectivity index (χ4v) is 3.25.